The van der Waals surface area contributed by atoms with Gasteiger partial charge in [0.15, 0.2) is 5.09 Å². The van der Waals surface area contributed by atoms with E-state index in [4.69, 9.17) is 4.42 Å². The monoisotopic (exact) mass is 424 g/mol. The number of aliphatic hydroxyl groups is 1. The Morgan fingerprint density at radius 2 is 1.69 bits per heavy atom. The largest absolute Gasteiger partial charge is 0.452 e. The number of rotatable bonds is 5. The fraction of sp³-hybridized carbons (Fsp3) is 0.476. The minimum absolute atomic E-state index is 0.0112. The van der Waals surface area contributed by atoms with Gasteiger partial charge in [0.2, 0.25) is 0 Å². The molecule has 0 fully saturated rings. The average Bonchev–Trinajstić information content (AvgIpc) is 2.97. The fourth-order valence-electron chi connectivity index (χ4n) is 3.14. The maximum atomic E-state index is 14.0. The molecule has 0 spiro atoms. The molecule has 2 rings (SSSR count). The molecule has 0 aliphatic heterocycles. The van der Waals surface area contributed by atoms with E-state index in [1.807, 2.05) is 27.7 Å². The molecule has 6 nitrogen and oxygen atoms in total. The van der Waals surface area contributed by atoms with Crippen LogP contribution in [-0.2, 0) is 16.2 Å². The van der Waals surface area contributed by atoms with E-state index in [1.54, 1.807) is 20.8 Å². The summed E-state index contributed by atoms with van der Waals surface area (Å²) in [4.78, 5) is 12.5. The molecule has 0 saturated carbocycles. The van der Waals surface area contributed by atoms with E-state index >= 15 is 0 Å². The second-order valence-corrected chi connectivity index (χ2v) is 9.37. The van der Waals surface area contributed by atoms with Crippen molar-refractivity contribution in [2.75, 3.05) is 5.32 Å². The van der Waals surface area contributed by atoms with Crippen LogP contribution in [0.25, 0.3) is 0 Å². The van der Waals surface area contributed by atoms with Gasteiger partial charge in [-0.3, -0.25) is 0 Å². The summed E-state index contributed by atoms with van der Waals surface area (Å²) in [5.74, 6) is -0.0264. The molecular weight excluding hydrogens is 395 g/mol. The molecule has 8 heteroatoms. The number of benzene rings is 1. The quantitative estimate of drug-likeness (QED) is 0.556. The van der Waals surface area contributed by atoms with Gasteiger partial charge in [-0.1, -0.05) is 27.7 Å². The number of nitrogens with one attached hydrogen (secondary N) is 1. The Kier molecular flexibility index (Phi) is 6.90. The van der Waals surface area contributed by atoms with Gasteiger partial charge < -0.3 is 14.8 Å². The van der Waals surface area contributed by atoms with Crippen LogP contribution in [0.2, 0.25) is 0 Å². The first-order chi connectivity index (χ1) is 13.3. The highest BCUT2D eigenvalue weighted by atomic mass is 32.2. The van der Waals surface area contributed by atoms with Gasteiger partial charge in [0.25, 0.3) is 0 Å². The molecule has 1 aromatic carbocycles. The van der Waals surface area contributed by atoms with Gasteiger partial charge in [0, 0.05) is 17.3 Å². The van der Waals surface area contributed by atoms with Crippen molar-refractivity contribution in [3.63, 3.8) is 0 Å². The van der Waals surface area contributed by atoms with Crippen LogP contribution in [-0.4, -0.2) is 15.3 Å². The van der Waals surface area contributed by atoms with Crippen LogP contribution in [0.15, 0.2) is 32.1 Å². The van der Waals surface area contributed by atoms with Gasteiger partial charge in [-0.25, -0.2) is 13.4 Å². The normalized spacial score (nSPS) is 13.3. The van der Waals surface area contributed by atoms with Gasteiger partial charge in [-0.15, -0.1) is 4.36 Å². The number of amides is 2. The standard InChI is InChI=1S/C21H29FN2O4S/c1-11(2)15-8-14(22)9-16(12(3)4)19(15)23-20(25)24-29(27)18-10-17(13(5)28-18)21(6,7)26/h8-12,26,29H,1-7H3,(H,23,25). The zero-order chi connectivity index (χ0) is 22.1. The Labute approximate surface area is 172 Å². The van der Waals surface area contributed by atoms with E-state index < -0.39 is 22.2 Å². The first-order valence-corrected chi connectivity index (χ1v) is 10.7. The van der Waals surface area contributed by atoms with Crippen LogP contribution < -0.4 is 5.32 Å². The fourth-order valence-corrected chi connectivity index (χ4v) is 3.90. The summed E-state index contributed by atoms with van der Waals surface area (Å²) in [6.07, 6.45) is 0. The SMILES string of the molecule is Cc1oc(/[SH](=O)=N/C(=O)Nc2c(C(C)C)cc(F)cc2C(C)C)cc1C(C)(C)O. The molecule has 1 atom stereocenters. The van der Waals surface area contributed by atoms with E-state index in [2.05, 4.69) is 9.68 Å². The van der Waals surface area contributed by atoms with Gasteiger partial charge >= 0.3 is 6.03 Å². The molecule has 2 amide bonds. The summed E-state index contributed by atoms with van der Waals surface area (Å²) < 4.78 is 35.7. The van der Waals surface area contributed by atoms with Crippen molar-refractivity contribution in [1.29, 1.82) is 0 Å². The van der Waals surface area contributed by atoms with Crippen LogP contribution in [0.1, 0.15) is 75.8 Å². The highest BCUT2D eigenvalue weighted by Crippen LogP contribution is 2.34. The number of urea groups is 1. The van der Waals surface area contributed by atoms with Crippen LogP contribution in [0, 0.1) is 12.7 Å². The third kappa shape index (κ3) is 5.45. The summed E-state index contributed by atoms with van der Waals surface area (Å²) in [7, 11) is -2.50. The molecule has 2 aromatic rings. The number of hydrogen-bond acceptors (Lipinski definition) is 4. The number of carbonyl (C=O) groups is 1. The second kappa shape index (κ2) is 8.67. The molecule has 1 unspecified atom stereocenters. The molecule has 2 N–H and O–H groups in total. The lowest BCUT2D eigenvalue weighted by Crippen LogP contribution is -2.15. The molecule has 0 bridgehead atoms. The molecule has 0 saturated heterocycles. The Morgan fingerprint density at radius 1 is 1.17 bits per heavy atom. The molecule has 0 radical (unpaired) electrons. The van der Waals surface area contributed by atoms with E-state index in [9.17, 15) is 18.5 Å². The smallest absolute Gasteiger partial charge is 0.353 e. The number of thiol groups is 1. The van der Waals surface area contributed by atoms with Crippen molar-refractivity contribution < 1.29 is 22.9 Å². The first-order valence-electron chi connectivity index (χ1n) is 9.47. The minimum atomic E-state index is -2.50. The van der Waals surface area contributed by atoms with Crippen molar-refractivity contribution in [2.45, 2.75) is 71.0 Å². The number of halogens is 1. The van der Waals surface area contributed by atoms with Crippen LogP contribution in [0.4, 0.5) is 14.9 Å². The lowest BCUT2D eigenvalue weighted by atomic mass is 9.92. The van der Waals surface area contributed by atoms with Crippen molar-refractivity contribution >= 4 is 22.3 Å². The van der Waals surface area contributed by atoms with Crippen LogP contribution in [0.3, 0.4) is 0 Å². The highest BCUT2D eigenvalue weighted by molar-refractivity contribution is 7.75. The predicted molar refractivity (Wildman–Crippen MR) is 113 cm³/mol. The van der Waals surface area contributed by atoms with Crippen molar-refractivity contribution in [3.8, 4) is 0 Å². The van der Waals surface area contributed by atoms with Crippen molar-refractivity contribution in [3.05, 3.63) is 46.5 Å². The summed E-state index contributed by atoms with van der Waals surface area (Å²) in [6.45, 7) is 12.4. The molecule has 0 aliphatic carbocycles. The third-order valence-electron chi connectivity index (χ3n) is 4.57. The van der Waals surface area contributed by atoms with Crippen molar-refractivity contribution in [1.82, 2.24) is 0 Å². The van der Waals surface area contributed by atoms with Gasteiger partial charge in [-0.05, 0) is 55.9 Å². The molecular formula is C21H29FN2O4S. The van der Waals surface area contributed by atoms with Gasteiger partial charge in [0.05, 0.1) is 5.60 Å². The summed E-state index contributed by atoms with van der Waals surface area (Å²) in [6, 6.07) is 3.41. The lowest BCUT2D eigenvalue weighted by Gasteiger charge is -2.19. The lowest BCUT2D eigenvalue weighted by molar-refractivity contribution is 0.0769. The number of carbonyl (C=O) groups excluding carboxylic acids is 1. The van der Waals surface area contributed by atoms with E-state index in [-0.39, 0.29) is 22.7 Å². The number of hydrogen-bond donors (Lipinski definition) is 3. The number of furan rings is 1. The Bertz CT molecular complexity index is 968. The van der Waals surface area contributed by atoms with Gasteiger partial charge in [0.1, 0.15) is 22.2 Å². The molecule has 1 aromatic heterocycles. The van der Waals surface area contributed by atoms with Crippen LogP contribution in [0.5, 0.6) is 0 Å². The zero-order valence-electron chi connectivity index (χ0n) is 17.8. The average molecular weight is 425 g/mol. The second-order valence-electron chi connectivity index (χ2n) is 8.19. The first kappa shape index (κ1) is 23.1. The Morgan fingerprint density at radius 3 is 2.10 bits per heavy atom. The number of anilines is 1. The molecule has 1 heterocycles. The zero-order valence-corrected chi connectivity index (χ0v) is 18.7. The van der Waals surface area contributed by atoms with E-state index in [0.717, 1.165) is 0 Å². The summed E-state index contributed by atoms with van der Waals surface area (Å²) in [5.41, 5.74) is 1.09. The summed E-state index contributed by atoms with van der Waals surface area (Å²) >= 11 is 0. The Hall–Kier alpha value is -2.19. The summed E-state index contributed by atoms with van der Waals surface area (Å²) in [5, 5.41) is 12.8. The molecule has 29 heavy (non-hydrogen) atoms. The number of nitrogens with zero attached hydrogens (tertiary/aromatic N) is 1. The Balaban J connectivity index is 2.39. The molecule has 160 valence electrons. The number of aryl methyl sites for hydroxylation is 1. The van der Waals surface area contributed by atoms with E-state index in [0.29, 0.717) is 28.1 Å². The van der Waals surface area contributed by atoms with Crippen molar-refractivity contribution in [2.24, 2.45) is 4.36 Å². The predicted octanol–water partition coefficient (Wildman–Crippen LogP) is 5.46. The topological polar surface area (TPSA) is 91.9 Å². The molecule has 0 aliphatic rings. The third-order valence-corrected chi connectivity index (χ3v) is 5.53. The minimum Gasteiger partial charge on any atom is -0.452 e. The maximum absolute atomic E-state index is 14.0. The van der Waals surface area contributed by atoms with Gasteiger partial charge in [-0.2, -0.15) is 0 Å². The van der Waals surface area contributed by atoms with E-state index in [1.165, 1.54) is 18.2 Å². The highest BCUT2D eigenvalue weighted by Gasteiger charge is 2.23. The van der Waals surface area contributed by atoms with Crippen LogP contribution >= 0.6 is 0 Å². The maximum Gasteiger partial charge on any atom is 0.353 e.